The van der Waals surface area contributed by atoms with Crippen LogP contribution in [0.25, 0.3) is 10.9 Å². The van der Waals surface area contributed by atoms with E-state index >= 15 is 0 Å². The van der Waals surface area contributed by atoms with E-state index in [4.69, 9.17) is 33.7 Å². The van der Waals surface area contributed by atoms with Gasteiger partial charge in [-0.25, -0.2) is 17.5 Å². The van der Waals surface area contributed by atoms with E-state index in [0.717, 1.165) is 11.0 Å². The quantitative estimate of drug-likeness (QED) is 0.131. The Hall–Kier alpha value is -4.30. The summed E-state index contributed by atoms with van der Waals surface area (Å²) in [7, 11) is -1.73. The molecule has 0 spiro atoms. The minimum Gasteiger partial charge on any atom is -0.506 e. The van der Waals surface area contributed by atoms with Crippen molar-refractivity contribution >= 4 is 62.0 Å². The molecule has 1 atom stereocenters. The van der Waals surface area contributed by atoms with Crippen molar-refractivity contribution in [1.82, 2.24) is 19.1 Å². The number of urea groups is 1. The van der Waals surface area contributed by atoms with E-state index in [1.54, 1.807) is 24.4 Å². The van der Waals surface area contributed by atoms with Gasteiger partial charge in [0.1, 0.15) is 23.3 Å². The van der Waals surface area contributed by atoms with E-state index < -0.39 is 38.8 Å². The number of amides is 4. The minimum atomic E-state index is -4.70. The summed E-state index contributed by atoms with van der Waals surface area (Å²) in [5.41, 5.74) is 6.68. The first-order valence-electron chi connectivity index (χ1n) is 14.7. The van der Waals surface area contributed by atoms with E-state index in [2.05, 4.69) is 4.98 Å². The Morgan fingerprint density at radius 3 is 2.51 bits per heavy atom. The number of ether oxygens (including phenoxy) is 1. The molecule has 0 saturated carbocycles. The van der Waals surface area contributed by atoms with E-state index in [1.807, 2.05) is 0 Å². The van der Waals surface area contributed by atoms with E-state index in [1.165, 1.54) is 49.3 Å². The molecule has 4 N–H and O–H groups in total. The third kappa shape index (κ3) is 6.75. The number of fused-ring (bicyclic) bond motifs is 1. The van der Waals surface area contributed by atoms with Crippen molar-refractivity contribution in [3.8, 4) is 17.2 Å². The molecule has 248 valence electrons. The van der Waals surface area contributed by atoms with Gasteiger partial charge in [-0.3, -0.25) is 14.5 Å². The molecule has 1 unspecified atom stereocenters. The summed E-state index contributed by atoms with van der Waals surface area (Å²) in [6.45, 7) is 0.466. The molecular weight excluding hydrogens is 669 g/mol. The average molecular weight is 703 g/mol. The molecule has 12 nitrogen and oxygen atoms in total. The van der Waals surface area contributed by atoms with Gasteiger partial charge in [0.15, 0.2) is 0 Å². The summed E-state index contributed by atoms with van der Waals surface area (Å²) in [5, 5.41) is 10.9. The lowest BCUT2D eigenvalue weighted by molar-refractivity contribution is -0.128. The van der Waals surface area contributed by atoms with Gasteiger partial charge in [-0.2, -0.15) is 0 Å². The van der Waals surface area contributed by atoms with Gasteiger partial charge in [-0.15, -0.1) is 0 Å². The van der Waals surface area contributed by atoms with Crippen LogP contribution in [0.4, 0.5) is 4.79 Å². The standard InChI is InChI=1S/C32H33Cl2N5O7S/c1-37(2)30(41)23-17-21(10-12-28(23)46-20-9-11-27(40)25(34)16-20)47(44,45)39-26(31(42)38(32(39)43)14-5-3-4-13-35)15-19-18-36-29-22(19)7-6-8-24(29)33/h6-12,16-18,26,36,40H,3-5,13-15,35H2,1-2H3. The number of aromatic nitrogens is 1. The van der Waals surface area contributed by atoms with Crippen LogP contribution in [0.2, 0.25) is 10.0 Å². The second kappa shape index (κ2) is 13.8. The van der Waals surface area contributed by atoms with Crippen molar-refractivity contribution in [3.63, 3.8) is 0 Å². The molecule has 1 saturated heterocycles. The lowest BCUT2D eigenvalue weighted by Crippen LogP contribution is -2.41. The summed E-state index contributed by atoms with van der Waals surface area (Å²) >= 11 is 12.3. The van der Waals surface area contributed by atoms with Gasteiger partial charge in [0.25, 0.3) is 21.8 Å². The summed E-state index contributed by atoms with van der Waals surface area (Å²) in [5.74, 6) is -1.23. The van der Waals surface area contributed by atoms with E-state index in [-0.39, 0.29) is 40.8 Å². The fourth-order valence-electron chi connectivity index (χ4n) is 5.38. The van der Waals surface area contributed by atoms with Crippen LogP contribution in [0.15, 0.2) is 65.7 Å². The number of H-pyrrole nitrogens is 1. The normalized spacial score (nSPS) is 15.1. The maximum absolute atomic E-state index is 14.3. The molecule has 2 heterocycles. The molecule has 4 amide bonds. The topological polar surface area (TPSA) is 166 Å². The number of nitrogens with two attached hydrogens (primary N) is 1. The SMILES string of the molecule is CN(C)C(=O)c1cc(S(=O)(=O)N2C(=O)N(CCCCCN)C(=O)C2Cc2c[nH]c3c(Cl)cccc23)ccc1Oc1ccc(O)c(Cl)c1. The second-order valence-corrected chi connectivity index (χ2v) is 13.8. The van der Waals surface area contributed by atoms with Crippen LogP contribution in [0.1, 0.15) is 35.2 Å². The Morgan fingerprint density at radius 2 is 1.81 bits per heavy atom. The average Bonchev–Trinajstić information content (AvgIpc) is 3.55. The fraction of sp³-hybridized carbons (Fsp3) is 0.281. The van der Waals surface area contributed by atoms with Gasteiger partial charge >= 0.3 is 6.03 Å². The predicted octanol–water partition coefficient (Wildman–Crippen LogP) is 5.37. The Morgan fingerprint density at radius 1 is 1.04 bits per heavy atom. The van der Waals surface area contributed by atoms with Gasteiger partial charge in [0.05, 0.1) is 26.0 Å². The number of aromatic amines is 1. The molecule has 0 bridgehead atoms. The van der Waals surface area contributed by atoms with Crippen molar-refractivity contribution in [2.75, 3.05) is 27.2 Å². The highest BCUT2D eigenvalue weighted by atomic mass is 35.5. The van der Waals surface area contributed by atoms with Gasteiger partial charge in [-0.1, -0.05) is 41.8 Å². The highest BCUT2D eigenvalue weighted by molar-refractivity contribution is 7.89. The van der Waals surface area contributed by atoms with E-state index in [9.17, 15) is 27.9 Å². The lowest BCUT2D eigenvalue weighted by atomic mass is 10.0. The number of unbranched alkanes of at least 4 members (excludes halogenated alkanes) is 2. The monoisotopic (exact) mass is 701 g/mol. The third-order valence-electron chi connectivity index (χ3n) is 7.79. The number of hydrogen-bond donors (Lipinski definition) is 3. The molecule has 15 heteroatoms. The highest BCUT2D eigenvalue weighted by Gasteiger charge is 2.51. The third-order valence-corrected chi connectivity index (χ3v) is 10.2. The summed E-state index contributed by atoms with van der Waals surface area (Å²) in [6.07, 6.45) is 3.31. The van der Waals surface area contributed by atoms with Crippen LogP contribution in [0.3, 0.4) is 0 Å². The molecule has 3 aromatic carbocycles. The minimum absolute atomic E-state index is 0.00184. The van der Waals surface area contributed by atoms with Crippen molar-refractivity contribution in [2.45, 2.75) is 36.6 Å². The van der Waals surface area contributed by atoms with E-state index in [0.29, 0.717) is 51.6 Å². The fourth-order valence-corrected chi connectivity index (χ4v) is 7.31. The first-order valence-corrected chi connectivity index (χ1v) is 16.9. The lowest BCUT2D eigenvalue weighted by Gasteiger charge is -2.23. The summed E-state index contributed by atoms with van der Waals surface area (Å²) < 4.78 is 35.1. The molecule has 1 aliphatic heterocycles. The summed E-state index contributed by atoms with van der Waals surface area (Å²) in [6, 6.07) is 10.5. The number of rotatable bonds is 12. The van der Waals surface area contributed by atoms with Crippen molar-refractivity contribution < 1.29 is 32.6 Å². The van der Waals surface area contributed by atoms with Crippen LogP contribution in [0, 0.1) is 0 Å². The number of halogens is 2. The van der Waals surface area contributed by atoms with Gasteiger partial charge < -0.3 is 25.5 Å². The van der Waals surface area contributed by atoms with Crippen molar-refractivity contribution in [2.24, 2.45) is 5.73 Å². The maximum Gasteiger partial charge on any atom is 0.341 e. The molecule has 0 aliphatic carbocycles. The zero-order valence-electron chi connectivity index (χ0n) is 25.6. The number of hydrogen-bond acceptors (Lipinski definition) is 8. The molecule has 4 aromatic rings. The molecule has 1 fully saturated rings. The zero-order chi connectivity index (χ0) is 34.0. The Bertz CT molecular complexity index is 1960. The number of carbonyl (C=O) groups is 3. The number of para-hydroxylation sites is 1. The largest absolute Gasteiger partial charge is 0.506 e. The van der Waals surface area contributed by atoms with Crippen LogP contribution in [-0.4, -0.2) is 83.7 Å². The zero-order valence-corrected chi connectivity index (χ0v) is 27.9. The molecule has 47 heavy (non-hydrogen) atoms. The van der Waals surface area contributed by atoms with Gasteiger partial charge in [0, 0.05) is 44.7 Å². The number of nitrogens with one attached hydrogen (secondary N) is 1. The Labute approximate surface area is 281 Å². The van der Waals surface area contributed by atoms with Crippen molar-refractivity contribution in [3.05, 3.63) is 82.0 Å². The number of imide groups is 1. The molecule has 1 aliphatic rings. The van der Waals surface area contributed by atoms with Crippen LogP contribution >= 0.6 is 23.2 Å². The smallest absolute Gasteiger partial charge is 0.341 e. The highest BCUT2D eigenvalue weighted by Crippen LogP contribution is 2.36. The number of phenolic OH excluding ortho intramolecular Hbond substituents is 1. The Balaban J connectivity index is 1.56. The van der Waals surface area contributed by atoms with Gasteiger partial charge in [0.2, 0.25) is 0 Å². The Kier molecular flexibility index (Phi) is 10.0. The van der Waals surface area contributed by atoms with Crippen molar-refractivity contribution in [1.29, 1.82) is 0 Å². The molecular formula is C32H33Cl2N5O7S. The number of aromatic hydroxyl groups is 1. The number of carbonyl (C=O) groups excluding carboxylic acids is 3. The molecule has 5 rings (SSSR count). The van der Waals surface area contributed by atoms with Crippen LogP contribution in [0.5, 0.6) is 17.2 Å². The molecule has 0 radical (unpaired) electrons. The van der Waals surface area contributed by atoms with Crippen LogP contribution in [-0.2, 0) is 21.2 Å². The van der Waals surface area contributed by atoms with Gasteiger partial charge in [-0.05, 0) is 61.3 Å². The summed E-state index contributed by atoms with van der Waals surface area (Å²) in [4.78, 5) is 45.7. The first kappa shape index (κ1) is 34.0. The number of sulfonamides is 1. The number of benzene rings is 3. The number of phenols is 1. The van der Waals surface area contributed by atoms with Crippen LogP contribution < -0.4 is 10.5 Å². The molecule has 1 aromatic heterocycles. The second-order valence-electron chi connectivity index (χ2n) is 11.2. The maximum atomic E-state index is 14.3. The number of nitrogens with zero attached hydrogens (tertiary/aromatic N) is 3. The first-order chi connectivity index (χ1) is 22.3. The predicted molar refractivity (Wildman–Crippen MR) is 177 cm³/mol.